The molecule has 0 amide bonds. The molecule has 1 saturated carbocycles. The summed E-state index contributed by atoms with van der Waals surface area (Å²) in [6.45, 7) is 0. The van der Waals surface area contributed by atoms with Gasteiger partial charge in [-0.2, -0.15) is 5.10 Å². The van der Waals surface area contributed by atoms with Gasteiger partial charge in [0.05, 0.1) is 6.10 Å². The molecule has 4 N–H and O–H groups in total. The van der Waals surface area contributed by atoms with Gasteiger partial charge in [-0.05, 0) is 30.5 Å². The van der Waals surface area contributed by atoms with Gasteiger partial charge in [0.2, 0.25) is 0 Å². The van der Waals surface area contributed by atoms with Crippen molar-refractivity contribution in [1.29, 1.82) is 0 Å². The van der Waals surface area contributed by atoms with E-state index in [1.54, 1.807) is 0 Å². The zero-order valence-corrected chi connectivity index (χ0v) is 9.84. The van der Waals surface area contributed by atoms with Crippen LogP contribution in [0.3, 0.4) is 0 Å². The van der Waals surface area contributed by atoms with E-state index in [1.807, 2.05) is 24.3 Å². The number of hydrogen-bond acceptors (Lipinski definition) is 5. The largest absolute Gasteiger partial charge is 0.490 e. The van der Waals surface area contributed by atoms with Crippen LogP contribution in [-0.2, 0) is 0 Å². The fraction of sp³-hybridized carbons (Fsp3) is 0.333. The molecule has 1 aromatic carbocycles. The van der Waals surface area contributed by atoms with Gasteiger partial charge in [-0.15, -0.1) is 0 Å². The first-order valence-corrected chi connectivity index (χ1v) is 5.95. The second-order valence-corrected chi connectivity index (χ2v) is 4.36. The van der Waals surface area contributed by atoms with Crippen molar-refractivity contribution in [3.63, 3.8) is 0 Å². The van der Waals surface area contributed by atoms with Crippen molar-refractivity contribution in [1.82, 2.24) is 20.6 Å². The maximum atomic E-state index is 5.70. The van der Waals surface area contributed by atoms with Crippen molar-refractivity contribution >= 4 is 0 Å². The van der Waals surface area contributed by atoms with Gasteiger partial charge in [0.25, 0.3) is 0 Å². The summed E-state index contributed by atoms with van der Waals surface area (Å²) in [5.74, 6) is 7.14. The van der Waals surface area contributed by atoms with Crippen LogP contribution in [0.5, 0.6) is 5.75 Å². The minimum atomic E-state index is -0.192. The fourth-order valence-electron chi connectivity index (χ4n) is 1.80. The molecule has 0 saturated heterocycles. The van der Waals surface area contributed by atoms with E-state index >= 15 is 0 Å². The Kier molecular flexibility index (Phi) is 2.95. The number of ether oxygens (including phenoxy) is 1. The molecule has 0 bridgehead atoms. The number of benzene rings is 1. The van der Waals surface area contributed by atoms with E-state index in [0.29, 0.717) is 11.9 Å². The number of aromatic nitrogens is 3. The molecule has 0 radical (unpaired) electrons. The predicted molar refractivity (Wildman–Crippen MR) is 65.6 cm³/mol. The van der Waals surface area contributed by atoms with Crippen LogP contribution in [0, 0.1) is 0 Å². The van der Waals surface area contributed by atoms with Gasteiger partial charge < -0.3 is 4.74 Å². The van der Waals surface area contributed by atoms with E-state index in [1.165, 1.54) is 6.33 Å². The summed E-state index contributed by atoms with van der Waals surface area (Å²) < 4.78 is 5.70. The molecule has 6 nitrogen and oxygen atoms in total. The van der Waals surface area contributed by atoms with Gasteiger partial charge in [0, 0.05) is 0 Å². The lowest BCUT2D eigenvalue weighted by Gasteiger charge is -2.14. The first-order chi connectivity index (χ1) is 8.86. The third-order valence-corrected chi connectivity index (χ3v) is 2.91. The summed E-state index contributed by atoms with van der Waals surface area (Å²) in [7, 11) is 0. The first kappa shape index (κ1) is 11.2. The Bertz CT molecular complexity index is 492. The molecule has 1 aliphatic carbocycles. The molecule has 2 aromatic rings. The van der Waals surface area contributed by atoms with Crippen molar-refractivity contribution in [3.05, 3.63) is 42.0 Å². The van der Waals surface area contributed by atoms with Crippen LogP contribution in [0.25, 0.3) is 0 Å². The molecule has 6 heteroatoms. The maximum Gasteiger partial charge on any atom is 0.147 e. The van der Waals surface area contributed by atoms with E-state index in [2.05, 4.69) is 20.6 Å². The van der Waals surface area contributed by atoms with Crippen LogP contribution in [0.1, 0.15) is 30.3 Å². The van der Waals surface area contributed by atoms with Gasteiger partial charge >= 0.3 is 0 Å². The molecule has 1 heterocycles. The maximum absolute atomic E-state index is 5.70. The second-order valence-electron chi connectivity index (χ2n) is 4.36. The van der Waals surface area contributed by atoms with Crippen molar-refractivity contribution in [2.24, 2.45) is 5.84 Å². The average Bonchev–Trinajstić information content (AvgIpc) is 3.05. The molecular formula is C12H15N5O. The number of nitrogens with zero attached hydrogens (tertiary/aromatic N) is 2. The molecule has 1 unspecified atom stereocenters. The zero-order chi connectivity index (χ0) is 12.4. The monoisotopic (exact) mass is 245 g/mol. The van der Waals surface area contributed by atoms with Crippen molar-refractivity contribution in [2.45, 2.75) is 25.0 Å². The highest BCUT2D eigenvalue weighted by Gasteiger charge is 2.23. The number of hydrazine groups is 1. The van der Waals surface area contributed by atoms with E-state index in [9.17, 15) is 0 Å². The Morgan fingerprint density at radius 3 is 2.67 bits per heavy atom. The molecule has 1 atom stereocenters. The smallest absolute Gasteiger partial charge is 0.147 e. The number of H-pyrrole nitrogens is 1. The fourth-order valence-corrected chi connectivity index (χ4v) is 1.80. The molecule has 18 heavy (non-hydrogen) atoms. The van der Waals surface area contributed by atoms with Gasteiger partial charge in [0.15, 0.2) is 0 Å². The lowest BCUT2D eigenvalue weighted by molar-refractivity contribution is 0.303. The summed E-state index contributed by atoms with van der Waals surface area (Å²) in [4.78, 5) is 4.10. The molecule has 94 valence electrons. The topological polar surface area (TPSA) is 88.8 Å². The number of rotatable bonds is 5. The zero-order valence-electron chi connectivity index (χ0n) is 9.84. The van der Waals surface area contributed by atoms with Gasteiger partial charge in [-0.25, -0.2) is 10.4 Å². The normalized spacial score (nSPS) is 16.5. The first-order valence-electron chi connectivity index (χ1n) is 5.95. The molecule has 1 aromatic heterocycles. The number of nitrogens with one attached hydrogen (secondary N) is 2. The van der Waals surface area contributed by atoms with Crippen LogP contribution in [0.15, 0.2) is 30.6 Å². The molecule has 1 aliphatic rings. The van der Waals surface area contributed by atoms with E-state index < -0.39 is 0 Å². The minimum absolute atomic E-state index is 0.192. The van der Waals surface area contributed by atoms with Gasteiger partial charge in [-0.3, -0.25) is 10.9 Å². The van der Waals surface area contributed by atoms with Gasteiger partial charge in [0.1, 0.15) is 23.9 Å². The second kappa shape index (κ2) is 4.75. The summed E-state index contributed by atoms with van der Waals surface area (Å²) in [5.41, 5.74) is 3.73. The lowest BCUT2D eigenvalue weighted by atomic mass is 10.1. The minimum Gasteiger partial charge on any atom is -0.490 e. The number of hydrogen-bond donors (Lipinski definition) is 3. The Labute approximate surface area is 105 Å². The number of nitrogens with two attached hydrogens (primary N) is 1. The molecule has 0 aliphatic heterocycles. The summed E-state index contributed by atoms with van der Waals surface area (Å²) in [5, 5.41) is 6.63. The Morgan fingerprint density at radius 1 is 1.33 bits per heavy atom. The molecule has 1 fully saturated rings. The van der Waals surface area contributed by atoms with Crippen molar-refractivity contribution in [2.75, 3.05) is 0 Å². The Hall–Kier alpha value is -1.92. The van der Waals surface area contributed by atoms with E-state index in [0.717, 1.165) is 24.2 Å². The molecular weight excluding hydrogens is 230 g/mol. The Morgan fingerprint density at radius 2 is 2.11 bits per heavy atom. The molecule has 0 spiro atoms. The van der Waals surface area contributed by atoms with Crippen LogP contribution in [-0.4, -0.2) is 21.3 Å². The summed E-state index contributed by atoms with van der Waals surface area (Å²) in [6, 6.07) is 7.67. The van der Waals surface area contributed by atoms with Crippen LogP contribution < -0.4 is 16.0 Å². The predicted octanol–water partition coefficient (Wildman–Crippen LogP) is 0.899. The highest BCUT2D eigenvalue weighted by atomic mass is 16.5. The van der Waals surface area contributed by atoms with Crippen molar-refractivity contribution < 1.29 is 4.74 Å². The van der Waals surface area contributed by atoms with Crippen LogP contribution >= 0.6 is 0 Å². The molecule has 3 rings (SSSR count). The number of aromatic amines is 1. The van der Waals surface area contributed by atoms with E-state index in [4.69, 9.17) is 10.6 Å². The summed E-state index contributed by atoms with van der Waals surface area (Å²) >= 11 is 0. The quantitative estimate of drug-likeness (QED) is 0.538. The Balaban J connectivity index is 1.77. The highest BCUT2D eigenvalue weighted by molar-refractivity contribution is 5.32. The SMILES string of the molecule is NNC(c1ccc(OC2CC2)cc1)c1ncn[nH]1. The third-order valence-electron chi connectivity index (χ3n) is 2.91. The van der Waals surface area contributed by atoms with Crippen LogP contribution in [0.2, 0.25) is 0 Å². The van der Waals surface area contributed by atoms with E-state index in [-0.39, 0.29) is 6.04 Å². The highest BCUT2D eigenvalue weighted by Crippen LogP contribution is 2.28. The van der Waals surface area contributed by atoms with Crippen LogP contribution in [0.4, 0.5) is 0 Å². The van der Waals surface area contributed by atoms with Crippen molar-refractivity contribution in [3.8, 4) is 5.75 Å². The average molecular weight is 245 g/mol. The summed E-state index contributed by atoms with van der Waals surface area (Å²) in [6.07, 6.45) is 4.19. The lowest BCUT2D eigenvalue weighted by Crippen LogP contribution is -2.29. The third kappa shape index (κ3) is 2.34. The van der Waals surface area contributed by atoms with Gasteiger partial charge in [-0.1, -0.05) is 12.1 Å². The standard InChI is InChI=1S/C12H15N5O/c13-16-11(12-14-7-15-17-12)8-1-3-9(4-2-8)18-10-5-6-10/h1-4,7,10-11,16H,5-6,13H2,(H,14,15,17).